The maximum atomic E-state index is 14.8. The van der Waals surface area contributed by atoms with E-state index in [1.54, 1.807) is 17.0 Å². The molecule has 2 aromatic rings. The highest BCUT2D eigenvalue weighted by Crippen LogP contribution is 2.44. The molecule has 0 radical (unpaired) electrons. The van der Waals surface area contributed by atoms with Gasteiger partial charge in [-0.1, -0.05) is 32.0 Å². The van der Waals surface area contributed by atoms with Crippen molar-refractivity contribution in [2.75, 3.05) is 26.2 Å². The van der Waals surface area contributed by atoms with Crippen LogP contribution >= 0.6 is 12.4 Å². The Kier molecular flexibility index (Phi) is 8.19. The van der Waals surface area contributed by atoms with Crippen LogP contribution in [0.15, 0.2) is 42.5 Å². The van der Waals surface area contributed by atoms with Crippen molar-refractivity contribution in [2.24, 2.45) is 17.8 Å². The van der Waals surface area contributed by atoms with Crippen LogP contribution < -0.4 is 0 Å². The highest BCUT2D eigenvalue weighted by atomic mass is 35.5. The number of rotatable bonds is 3. The number of carbonyl (C=O) groups excluding carboxylic acids is 1. The van der Waals surface area contributed by atoms with Crippen LogP contribution in [0.4, 0.5) is 13.2 Å². The van der Waals surface area contributed by atoms with E-state index in [4.69, 9.17) is 0 Å². The molecule has 0 saturated carbocycles. The summed E-state index contributed by atoms with van der Waals surface area (Å²) < 4.78 is 41.9. The number of halogens is 4. The molecule has 0 spiro atoms. The van der Waals surface area contributed by atoms with Crippen molar-refractivity contribution in [1.29, 1.82) is 0 Å². The van der Waals surface area contributed by atoms with Gasteiger partial charge in [0, 0.05) is 55.5 Å². The van der Waals surface area contributed by atoms with Crippen LogP contribution in [0, 0.1) is 35.2 Å². The number of benzene rings is 2. The van der Waals surface area contributed by atoms with Crippen LogP contribution in [0.2, 0.25) is 0 Å². The molecule has 8 heteroatoms. The Labute approximate surface area is 217 Å². The first-order valence-electron chi connectivity index (χ1n) is 12.3. The van der Waals surface area contributed by atoms with Gasteiger partial charge >= 0.3 is 0 Å². The van der Waals surface area contributed by atoms with Crippen molar-refractivity contribution >= 4 is 18.3 Å². The molecule has 4 rings (SSSR count). The first-order valence-corrected chi connectivity index (χ1v) is 12.3. The Morgan fingerprint density at radius 2 is 1.47 bits per heavy atom. The van der Waals surface area contributed by atoms with Crippen LogP contribution in [0.1, 0.15) is 51.7 Å². The molecule has 0 aromatic heterocycles. The SMILES string of the molecule is C[C@@H]1CN(C(=O)[C@@H]2CN(C(C)(C)C)C[C@H]2c2ccc(F)cc2F)C[C@H](C)[C@]1(O)c1ccc(F)cc1.Cl. The lowest BCUT2D eigenvalue weighted by atomic mass is 9.70. The van der Waals surface area contributed by atoms with Gasteiger partial charge in [-0.3, -0.25) is 9.69 Å². The predicted octanol–water partition coefficient (Wildman–Crippen LogP) is 5.34. The largest absolute Gasteiger partial charge is 0.384 e. The molecule has 1 N–H and O–H groups in total. The topological polar surface area (TPSA) is 43.8 Å². The molecule has 36 heavy (non-hydrogen) atoms. The van der Waals surface area contributed by atoms with Crippen molar-refractivity contribution in [3.63, 3.8) is 0 Å². The zero-order chi connectivity index (χ0) is 25.7. The average molecular weight is 525 g/mol. The molecule has 2 aliphatic rings. The molecule has 2 aliphatic heterocycles. The second-order valence-electron chi connectivity index (χ2n) is 11.3. The first kappa shape index (κ1) is 28.5. The fraction of sp³-hybridized carbons (Fsp3) is 0.536. The number of carbonyl (C=O) groups is 1. The normalized spacial score (nSPS) is 29.2. The van der Waals surface area contributed by atoms with Gasteiger partial charge in [0.2, 0.25) is 5.91 Å². The molecule has 0 bridgehead atoms. The molecule has 5 atom stereocenters. The number of likely N-dealkylation sites (tertiary alicyclic amines) is 2. The Balaban J connectivity index is 0.00000361. The third kappa shape index (κ3) is 5.15. The van der Waals surface area contributed by atoms with E-state index in [2.05, 4.69) is 25.7 Å². The van der Waals surface area contributed by atoms with E-state index in [-0.39, 0.29) is 41.5 Å². The number of aliphatic hydroxyl groups is 1. The van der Waals surface area contributed by atoms with Crippen molar-refractivity contribution in [3.8, 4) is 0 Å². The summed E-state index contributed by atoms with van der Waals surface area (Å²) in [6.07, 6.45) is 0. The smallest absolute Gasteiger partial charge is 0.227 e. The number of hydrogen-bond acceptors (Lipinski definition) is 3. The highest BCUT2D eigenvalue weighted by Gasteiger charge is 2.50. The third-order valence-electron chi connectivity index (χ3n) is 8.06. The van der Waals surface area contributed by atoms with Crippen LogP contribution in [0.3, 0.4) is 0 Å². The van der Waals surface area contributed by atoms with E-state index >= 15 is 0 Å². The van der Waals surface area contributed by atoms with Gasteiger partial charge in [0.25, 0.3) is 0 Å². The average Bonchev–Trinajstić information content (AvgIpc) is 3.23. The maximum Gasteiger partial charge on any atom is 0.227 e. The minimum absolute atomic E-state index is 0. The van der Waals surface area contributed by atoms with Crippen LogP contribution in [0.5, 0.6) is 0 Å². The van der Waals surface area contributed by atoms with Gasteiger partial charge in [0.1, 0.15) is 17.5 Å². The molecule has 4 nitrogen and oxygen atoms in total. The molecular formula is C28H36ClF3N2O2. The summed E-state index contributed by atoms with van der Waals surface area (Å²) in [6.45, 7) is 11.6. The summed E-state index contributed by atoms with van der Waals surface area (Å²) in [5.41, 5.74) is -0.413. The Bertz CT molecular complexity index is 1080. The van der Waals surface area contributed by atoms with Gasteiger partial charge in [-0.25, -0.2) is 13.2 Å². The number of nitrogens with zero attached hydrogens (tertiary/aromatic N) is 2. The second kappa shape index (κ2) is 10.3. The summed E-state index contributed by atoms with van der Waals surface area (Å²) in [4.78, 5) is 17.8. The second-order valence-corrected chi connectivity index (χ2v) is 11.3. The van der Waals surface area contributed by atoms with Crippen molar-refractivity contribution in [1.82, 2.24) is 9.80 Å². The summed E-state index contributed by atoms with van der Waals surface area (Å²) in [6, 6.07) is 9.46. The monoisotopic (exact) mass is 524 g/mol. The fourth-order valence-electron chi connectivity index (χ4n) is 5.92. The molecule has 0 aliphatic carbocycles. The number of hydrogen-bond donors (Lipinski definition) is 1. The molecule has 2 heterocycles. The van der Waals surface area contributed by atoms with E-state index in [0.29, 0.717) is 37.3 Å². The highest BCUT2D eigenvalue weighted by molar-refractivity contribution is 5.85. The van der Waals surface area contributed by atoms with Crippen LogP contribution in [0.25, 0.3) is 0 Å². The van der Waals surface area contributed by atoms with Gasteiger partial charge < -0.3 is 10.0 Å². The molecular weight excluding hydrogens is 489 g/mol. The van der Waals surface area contributed by atoms with Crippen molar-refractivity contribution in [2.45, 2.75) is 51.7 Å². The number of amides is 1. The van der Waals surface area contributed by atoms with Crippen LogP contribution in [-0.4, -0.2) is 52.5 Å². The van der Waals surface area contributed by atoms with Crippen molar-refractivity contribution < 1.29 is 23.1 Å². The van der Waals surface area contributed by atoms with E-state index in [1.807, 2.05) is 13.8 Å². The predicted molar refractivity (Wildman–Crippen MR) is 136 cm³/mol. The minimum atomic E-state index is -1.19. The summed E-state index contributed by atoms with van der Waals surface area (Å²) >= 11 is 0. The molecule has 2 fully saturated rings. The quantitative estimate of drug-likeness (QED) is 0.589. The zero-order valence-corrected chi connectivity index (χ0v) is 22.3. The number of piperidine rings is 1. The van der Waals surface area contributed by atoms with E-state index in [9.17, 15) is 23.1 Å². The van der Waals surface area contributed by atoms with Gasteiger partial charge in [-0.05, 0) is 50.1 Å². The van der Waals surface area contributed by atoms with Gasteiger partial charge in [-0.2, -0.15) is 0 Å². The minimum Gasteiger partial charge on any atom is -0.384 e. The fourth-order valence-corrected chi connectivity index (χ4v) is 5.92. The molecule has 0 unspecified atom stereocenters. The van der Waals surface area contributed by atoms with Gasteiger partial charge in [0.15, 0.2) is 0 Å². The molecule has 198 valence electrons. The van der Waals surface area contributed by atoms with Gasteiger partial charge in [0.05, 0.1) is 11.5 Å². The lowest BCUT2D eigenvalue weighted by Crippen LogP contribution is -2.57. The molecule has 2 saturated heterocycles. The Morgan fingerprint density at radius 3 is 2.00 bits per heavy atom. The maximum absolute atomic E-state index is 14.8. The van der Waals surface area contributed by atoms with Crippen LogP contribution in [-0.2, 0) is 10.4 Å². The van der Waals surface area contributed by atoms with Gasteiger partial charge in [-0.15, -0.1) is 12.4 Å². The molecule has 2 aromatic carbocycles. The standard InChI is InChI=1S/C28H35F3N2O2.ClH/c1-17-13-32(14-18(2)28(17,35)19-6-8-20(29)9-7-19)26(34)24-16-33(27(3,4)5)15-23(24)22-11-10-21(30)12-25(22)31;/h6-12,17-18,23-24,35H,13-16H2,1-5H3;1H/t17-,18+,23-,24+,28+;/m0./s1. The molecule has 1 amide bonds. The van der Waals surface area contributed by atoms with Crippen molar-refractivity contribution in [3.05, 3.63) is 71.0 Å². The van der Waals surface area contributed by atoms with E-state index in [1.165, 1.54) is 24.3 Å². The lowest BCUT2D eigenvalue weighted by Gasteiger charge is -2.48. The lowest BCUT2D eigenvalue weighted by molar-refractivity contribution is -0.152. The third-order valence-corrected chi connectivity index (χ3v) is 8.06. The summed E-state index contributed by atoms with van der Waals surface area (Å²) in [5, 5.41) is 11.6. The summed E-state index contributed by atoms with van der Waals surface area (Å²) in [5.74, 6) is -3.17. The van der Waals surface area contributed by atoms with E-state index < -0.39 is 29.1 Å². The zero-order valence-electron chi connectivity index (χ0n) is 21.5. The first-order chi connectivity index (χ1) is 16.3. The summed E-state index contributed by atoms with van der Waals surface area (Å²) in [7, 11) is 0. The van der Waals surface area contributed by atoms with E-state index in [0.717, 1.165) is 6.07 Å². The Hall–Kier alpha value is -2.09. The Morgan fingerprint density at radius 1 is 0.917 bits per heavy atom.